The average Bonchev–Trinajstić information content (AvgIpc) is 2.58. The fourth-order valence-electron chi connectivity index (χ4n) is 12.3. The number of piperazine rings is 1. The lowest BCUT2D eigenvalue weighted by Gasteiger charge is -2.40. The van der Waals surface area contributed by atoms with E-state index in [9.17, 15) is 18.3 Å². The van der Waals surface area contributed by atoms with Crippen molar-refractivity contribution in [1.82, 2.24) is 24.4 Å². The lowest BCUT2D eigenvalue weighted by atomic mass is 9.72. The SMILES string of the molecule is COCC1(C)CCC(c2ccc(Cl)cc2)=C(CN2CCN(c3ccc(C(=O)NS(=O)(=O)c4cnc(OC[C@H]5CC[C@](C)(O)CC5)c(Cl)c4)c(Oc4cccc5c4cnn5C(c4ccccc4)(c4ccccc4)c4ccccc4)c3)CC2)C1. The summed E-state index contributed by atoms with van der Waals surface area (Å²) in [6.07, 6.45) is 8.73. The zero-order valence-electron chi connectivity index (χ0n) is 46.4. The smallest absolute Gasteiger partial charge is 0.268 e. The Hall–Kier alpha value is -7.04. The molecule has 82 heavy (non-hydrogen) atoms. The van der Waals surface area contributed by atoms with Gasteiger partial charge in [-0.3, -0.25) is 9.69 Å². The molecule has 16 heteroatoms. The Kier molecular flexibility index (Phi) is 16.7. The molecule has 3 heterocycles. The van der Waals surface area contributed by atoms with E-state index in [4.69, 9.17) is 42.5 Å². The minimum atomic E-state index is -4.53. The van der Waals surface area contributed by atoms with Gasteiger partial charge < -0.3 is 24.2 Å². The Morgan fingerprint density at radius 2 is 1.41 bits per heavy atom. The summed E-state index contributed by atoms with van der Waals surface area (Å²) in [6, 6.07) is 51.3. The molecule has 8 aromatic rings. The van der Waals surface area contributed by atoms with Gasteiger partial charge in [0.15, 0.2) is 0 Å². The van der Waals surface area contributed by atoms with E-state index in [-0.39, 0.29) is 38.4 Å². The van der Waals surface area contributed by atoms with Gasteiger partial charge in [-0.15, -0.1) is 0 Å². The summed E-state index contributed by atoms with van der Waals surface area (Å²) in [5, 5.41) is 17.0. The van der Waals surface area contributed by atoms with Crippen LogP contribution in [0.1, 0.15) is 91.4 Å². The number of hydrogen-bond donors (Lipinski definition) is 2. The quantitative estimate of drug-likeness (QED) is 0.0791. The number of benzene rings is 6. The van der Waals surface area contributed by atoms with Gasteiger partial charge in [0.05, 0.1) is 47.7 Å². The zero-order valence-corrected chi connectivity index (χ0v) is 48.8. The first kappa shape index (κ1) is 56.8. The molecule has 3 aliphatic rings. The maximum Gasteiger partial charge on any atom is 0.268 e. The Labute approximate surface area is 490 Å². The molecule has 1 amide bonds. The standard InChI is InChI=1S/C66H68Cl2N6O7S/c1-64(45-79-3)31-30-55(47-22-24-52(67)25-23-47)48(40-64)43-72-34-36-73(37-35-72)53-26-27-56(62(75)71-82(77,78)54-39-58(68)63(69-41-54)80-44-46-28-32-65(2,76)33-29-46)61(38-53)81-60-21-13-20-59-57(60)42-70-74(59)66(49-14-7-4-8-15-49,50-16-9-5-10-17-50)51-18-11-6-12-19-51/h4-27,38-39,41-42,46,76H,28-37,40,43-45H2,1-3H3,(H,71,75)/t46-,64?,65-. The van der Waals surface area contributed by atoms with Gasteiger partial charge in [0.25, 0.3) is 15.9 Å². The molecule has 1 saturated heterocycles. The molecule has 1 aliphatic heterocycles. The van der Waals surface area contributed by atoms with Crippen molar-refractivity contribution in [2.24, 2.45) is 11.3 Å². The number of anilines is 1. The number of methoxy groups -OCH3 is 1. The molecule has 424 valence electrons. The number of amides is 1. The maximum atomic E-state index is 14.6. The minimum absolute atomic E-state index is 0.00824. The van der Waals surface area contributed by atoms with E-state index in [0.717, 1.165) is 85.8 Å². The number of ether oxygens (including phenoxy) is 3. The first-order chi connectivity index (χ1) is 39.6. The average molecular weight is 1160 g/mol. The summed E-state index contributed by atoms with van der Waals surface area (Å²) in [7, 11) is -2.75. The van der Waals surface area contributed by atoms with E-state index in [0.29, 0.717) is 55.3 Å². The molecule has 1 unspecified atom stereocenters. The van der Waals surface area contributed by atoms with Crippen LogP contribution in [0.25, 0.3) is 16.5 Å². The summed E-state index contributed by atoms with van der Waals surface area (Å²) in [5.41, 5.74) is 6.96. The maximum absolute atomic E-state index is 14.6. The monoisotopic (exact) mass is 1160 g/mol. The molecule has 13 nitrogen and oxygen atoms in total. The molecule has 1 atom stereocenters. The number of halogens is 2. The van der Waals surface area contributed by atoms with E-state index < -0.39 is 27.1 Å². The largest absolute Gasteiger partial charge is 0.476 e. The molecule has 2 fully saturated rings. The second kappa shape index (κ2) is 24.0. The third kappa shape index (κ3) is 12.1. The first-order valence-electron chi connectivity index (χ1n) is 28.1. The Morgan fingerprint density at radius 3 is 2.04 bits per heavy atom. The van der Waals surface area contributed by atoms with E-state index >= 15 is 0 Å². The van der Waals surface area contributed by atoms with Gasteiger partial charge in [0, 0.05) is 56.6 Å². The van der Waals surface area contributed by atoms with Gasteiger partial charge in [-0.25, -0.2) is 22.8 Å². The summed E-state index contributed by atoms with van der Waals surface area (Å²) in [5.74, 6) is -0.0714. The van der Waals surface area contributed by atoms with Crippen molar-refractivity contribution in [2.75, 3.05) is 57.9 Å². The van der Waals surface area contributed by atoms with E-state index in [1.165, 1.54) is 22.8 Å². The number of carbonyl (C=O) groups is 1. The van der Waals surface area contributed by atoms with Gasteiger partial charge in [-0.1, -0.05) is 145 Å². The number of nitrogens with zero attached hydrogens (tertiary/aromatic N) is 5. The number of aliphatic hydroxyl groups is 1. The molecule has 2 N–H and O–H groups in total. The molecule has 11 rings (SSSR count). The van der Waals surface area contributed by atoms with Crippen molar-refractivity contribution in [1.29, 1.82) is 0 Å². The second-order valence-electron chi connectivity index (χ2n) is 22.8. The molecular formula is C66H68Cl2N6O7S. The number of allylic oxidation sites excluding steroid dienone is 1. The minimum Gasteiger partial charge on any atom is -0.476 e. The van der Waals surface area contributed by atoms with Crippen molar-refractivity contribution in [3.8, 4) is 17.4 Å². The highest BCUT2D eigenvalue weighted by atomic mass is 35.5. The molecule has 2 aromatic heterocycles. The highest BCUT2D eigenvalue weighted by Gasteiger charge is 2.41. The van der Waals surface area contributed by atoms with Crippen molar-refractivity contribution in [2.45, 2.75) is 74.8 Å². The lowest BCUT2D eigenvalue weighted by molar-refractivity contribution is 0.00127. The lowest BCUT2D eigenvalue weighted by Crippen LogP contribution is -2.47. The topological polar surface area (TPSA) is 148 Å². The van der Waals surface area contributed by atoms with Crippen molar-refractivity contribution < 1.29 is 32.5 Å². The number of nitrogens with one attached hydrogen (secondary N) is 1. The van der Waals surface area contributed by atoms with E-state index in [1.54, 1.807) is 19.4 Å². The summed E-state index contributed by atoms with van der Waals surface area (Å²) >= 11 is 12.9. The Bertz CT molecular complexity index is 3600. The highest BCUT2D eigenvalue weighted by molar-refractivity contribution is 7.90. The van der Waals surface area contributed by atoms with Crippen LogP contribution in [0.5, 0.6) is 17.4 Å². The number of sulfonamides is 1. The fourth-order valence-corrected chi connectivity index (χ4v) is 13.7. The zero-order chi connectivity index (χ0) is 57.1. The van der Waals surface area contributed by atoms with Crippen molar-refractivity contribution in [3.63, 3.8) is 0 Å². The van der Waals surface area contributed by atoms with Crippen molar-refractivity contribution in [3.05, 3.63) is 214 Å². The molecule has 0 bridgehead atoms. The third-order valence-electron chi connectivity index (χ3n) is 16.7. The van der Waals surface area contributed by atoms with Gasteiger partial charge in [0.2, 0.25) is 5.88 Å². The van der Waals surface area contributed by atoms with E-state index in [2.05, 4.69) is 75.0 Å². The Balaban J connectivity index is 0.912. The molecule has 0 radical (unpaired) electrons. The van der Waals surface area contributed by atoms with Crippen LogP contribution in [0.15, 0.2) is 181 Å². The molecule has 1 saturated carbocycles. The van der Waals surface area contributed by atoms with Crippen LogP contribution in [0.3, 0.4) is 0 Å². The number of pyridine rings is 1. The number of fused-ring (bicyclic) bond motifs is 1. The second-order valence-corrected chi connectivity index (χ2v) is 25.3. The van der Waals surface area contributed by atoms with Crippen molar-refractivity contribution >= 4 is 61.3 Å². The van der Waals surface area contributed by atoms with Crippen LogP contribution < -0.4 is 19.1 Å². The predicted octanol–water partition coefficient (Wildman–Crippen LogP) is 13.2. The molecule has 2 aliphatic carbocycles. The van der Waals surface area contributed by atoms with Gasteiger partial charge >= 0.3 is 0 Å². The van der Waals surface area contributed by atoms with Gasteiger partial charge in [-0.2, -0.15) is 5.10 Å². The van der Waals surface area contributed by atoms with Crippen LogP contribution in [0, 0.1) is 11.3 Å². The van der Waals surface area contributed by atoms with Crippen LogP contribution in [0.4, 0.5) is 5.69 Å². The van der Waals surface area contributed by atoms with Crippen LogP contribution in [0.2, 0.25) is 10.0 Å². The molecule has 0 spiro atoms. The van der Waals surface area contributed by atoms with Gasteiger partial charge in [0.1, 0.15) is 27.0 Å². The summed E-state index contributed by atoms with van der Waals surface area (Å²) in [6.45, 7) is 8.94. The van der Waals surface area contributed by atoms with Gasteiger partial charge in [-0.05, 0) is 133 Å². The van der Waals surface area contributed by atoms with E-state index in [1.807, 2.05) is 109 Å². The number of carbonyl (C=O) groups excluding carboxylic acids is 1. The first-order valence-corrected chi connectivity index (χ1v) is 30.3. The normalized spacial score (nSPS) is 20.0. The van der Waals surface area contributed by atoms with Crippen LogP contribution in [-0.4, -0.2) is 97.7 Å². The predicted molar refractivity (Wildman–Crippen MR) is 324 cm³/mol. The third-order valence-corrected chi connectivity index (χ3v) is 18.6. The molecular weight excluding hydrogens is 1090 g/mol. The Morgan fingerprint density at radius 1 is 0.768 bits per heavy atom. The fraction of sp³-hybridized carbons (Fsp3) is 0.318. The molecule has 6 aromatic carbocycles. The van der Waals surface area contributed by atoms with Crippen LogP contribution in [-0.2, 0) is 20.3 Å². The van der Waals surface area contributed by atoms with Crippen LogP contribution >= 0.6 is 23.2 Å². The summed E-state index contributed by atoms with van der Waals surface area (Å²) in [4.78, 5) is 23.3. The summed E-state index contributed by atoms with van der Waals surface area (Å²) < 4.78 is 51.2. The number of aromatic nitrogens is 3. The highest BCUT2D eigenvalue weighted by Crippen LogP contribution is 2.46. The number of rotatable bonds is 18. The number of hydrogen-bond acceptors (Lipinski definition) is 11.